The van der Waals surface area contributed by atoms with Gasteiger partial charge in [0.25, 0.3) is 5.91 Å². The van der Waals surface area contributed by atoms with E-state index < -0.39 is 0 Å². The van der Waals surface area contributed by atoms with E-state index in [9.17, 15) is 9.18 Å². The molecule has 1 fully saturated rings. The van der Waals surface area contributed by atoms with E-state index >= 15 is 0 Å². The van der Waals surface area contributed by atoms with E-state index in [0.717, 1.165) is 49.4 Å². The van der Waals surface area contributed by atoms with Crippen molar-refractivity contribution in [1.29, 1.82) is 0 Å². The summed E-state index contributed by atoms with van der Waals surface area (Å²) in [5, 5.41) is 7.53. The molecule has 1 N–H and O–H groups in total. The van der Waals surface area contributed by atoms with Gasteiger partial charge in [-0.25, -0.2) is 4.39 Å². The smallest absolute Gasteiger partial charge is 0.271 e. The molecule has 3 aromatic rings. The zero-order valence-electron chi connectivity index (χ0n) is 18.5. The van der Waals surface area contributed by atoms with Gasteiger partial charge in [0.1, 0.15) is 23.4 Å². The summed E-state index contributed by atoms with van der Waals surface area (Å²) >= 11 is 0. The van der Waals surface area contributed by atoms with Crippen LogP contribution in [-0.4, -0.2) is 51.3 Å². The number of nitrogens with one attached hydrogen (secondary N) is 1. The molecule has 4 heterocycles. The molecule has 1 aromatic carbocycles. The largest absolute Gasteiger partial charge is 0.488 e. The highest BCUT2D eigenvalue weighted by Gasteiger charge is 2.27. The standard InChI is InChI=1S/C25H28FN5O2/c26-23-4-2-1-3-19(23)16-30-11-7-18(8-12-30)15-28-25(32)24-14-20-13-22(17-31(20)29-24)33-21-5-9-27-10-6-21/h1-6,9-10,14,18,22H,7-8,11-13,15-17H2,(H,28,32). The van der Waals surface area contributed by atoms with Crippen molar-refractivity contribution >= 4 is 5.91 Å². The summed E-state index contributed by atoms with van der Waals surface area (Å²) in [6.07, 6.45) is 6.13. The number of carbonyl (C=O) groups excluding carboxylic acids is 1. The molecule has 1 atom stereocenters. The Hall–Kier alpha value is -3.26. The van der Waals surface area contributed by atoms with E-state index in [1.807, 2.05) is 35.0 Å². The highest BCUT2D eigenvalue weighted by molar-refractivity contribution is 5.92. The average Bonchev–Trinajstić information content (AvgIpc) is 3.39. The van der Waals surface area contributed by atoms with E-state index in [1.54, 1.807) is 18.5 Å². The summed E-state index contributed by atoms with van der Waals surface area (Å²) in [4.78, 5) is 18.9. The van der Waals surface area contributed by atoms with Gasteiger partial charge in [-0.2, -0.15) is 5.10 Å². The molecule has 0 saturated carbocycles. The number of hydrogen-bond acceptors (Lipinski definition) is 5. The maximum absolute atomic E-state index is 13.9. The predicted octanol–water partition coefficient (Wildman–Crippen LogP) is 3.06. The van der Waals surface area contributed by atoms with E-state index in [-0.39, 0.29) is 17.8 Å². The van der Waals surface area contributed by atoms with E-state index in [0.29, 0.717) is 31.2 Å². The van der Waals surface area contributed by atoms with Crippen LogP contribution in [0.15, 0.2) is 54.9 Å². The number of halogens is 1. The number of rotatable bonds is 7. The van der Waals surface area contributed by atoms with Gasteiger partial charge in [0.05, 0.1) is 6.54 Å². The van der Waals surface area contributed by atoms with Gasteiger partial charge in [0, 0.05) is 43.2 Å². The summed E-state index contributed by atoms with van der Waals surface area (Å²) in [7, 11) is 0. The van der Waals surface area contributed by atoms with E-state index in [1.165, 1.54) is 6.07 Å². The normalized spacial score (nSPS) is 18.8. The number of aromatic nitrogens is 3. The van der Waals surface area contributed by atoms with E-state index in [2.05, 4.69) is 20.3 Å². The summed E-state index contributed by atoms with van der Waals surface area (Å²) < 4.78 is 21.7. The Kier molecular flexibility index (Phi) is 6.35. The van der Waals surface area contributed by atoms with Crippen LogP contribution in [0.4, 0.5) is 4.39 Å². The van der Waals surface area contributed by atoms with Gasteiger partial charge in [-0.1, -0.05) is 18.2 Å². The minimum Gasteiger partial charge on any atom is -0.488 e. The van der Waals surface area contributed by atoms with Crippen molar-refractivity contribution in [3.05, 3.63) is 77.6 Å². The molecule has 1 amide bonds. The Bertz CT molecular complexity index is 1070. The number of piperidine rings is 1. The Labute approximate surface area is 192 Å². The number of pyridine rings is 1. The average molecular weight is 450 g/mol. The molecular formula is C25H28FN5O2. The molecule has 172 valence electrons. The lowest BCUT2D eigenvalue weighted by atomic mass is 9.96. The van der Waals surface area contributed by atoms with Crippen LogP contribution in [0.1, 0.15) is 34.6 Å². The molecule has 33 heavy (non-hydrogen) atoms. The van der Waals surface area contributed by atoms with Crippen molar-refractivity contribution in [1.82, 2.24) is 25.0 Å². The summed E-state index contributed by atoms with van der Waals surface area (Å²) in [5.74, 6) is 0.948. The van der Waals surface area contributed by atoms with Gasteiger partial charge in [0.15, 0.2) is 0 Å². The molecule has 7 nitrogen and oxygen atoms in total. The number of amides is 1. The Morgan fingerprint density at radius 3 is 2.70 bits per heavy atom. The molecular weight excluding hydrogens is 421 g/mol. The van der Waals surface area contributed by atoms with Crippen molar-refractivity contribution in [3.8, 4) is 5.75 Å². The molecule has 0 aliphatic carbocycles. The fourth-order valence-corrected chi connectivity index (χ4v) is 4.61. The molecule has 5 rings (SSSR count). The number of carbonyl (C=O) groups is 1. The number of benzene rings is 1. The second kappa shape index (κ2) is 9.70. The fourth-order valence-electron chi connectivity index (χ4n) is 4.61. The quantitative estimate of drug-likeness (QED) is 0.600. The van der Waals surface area contributed by atoms with Crippen LogP contribution in [0.3, 0.4) is 0 Å². The third kappa shape index (κ3) is 5.22. The first-order valence-corrected chi connectivity index (χ1v) is 11.5. The zero-order chi connectivity index (χ0) is 22.6. The Morgan fingerprint density at radius 2 is 1.94 bits per heavy atom. The van der Waals surface area contributed by atoms with Crippen molar-refractivity contribution in [2.24, 2.45) is 5.92 Å². The van der Waals surface area contributed by atoms with Crippen molar-refractivity contribution in [3.63, 3.8) is 0 Å². The molecule has 8 heteroatoms. The SMILES string of the molecule is O=C(NCC1CCN(Cc2ccccc2F)CC1)c1cc2n(n1)CC(Oc1ccncc1)C2. The lowest BCUT2D eigenvalue weighted by Crippen LogP contribution is -2.38. The molecule has 1 unspecified atom stereocenters. The number of nitrogens with zero attached hydrogens (tertiary/aromatic N) is 4. The third-order valence-electron chi connectivity index (χ3n) is 6.47. The van der Waals surface area contributed by atoms with Gasteiger partial charge in [-0.15, -0.1) is 0 Å². The molecule has 2 aliphatic heterocycles. The number of hydrogen-bond donors (Lipinski definition) is 1. The molecule has 2 aliphatic rings. The third-order valence-corrected chi connectivity index (χ3v) is 6.47. The van der Waals surface area contributed by atoms with Crippen molar-refractivity contribution in [2.45, 2.75) is 38.5 Å². The second-order valence-corrected chi connectivity index (χ2v) is 8.85. The van der Waals surface area contributed by atoms with Crippen LogP contribution in [0, 0.1) is 11.7 Å². The van der Waals surface area contributed by atoms with Crippen molar-refractivity contribution < 1.29 is 13.9 Å². The van der Waals surface area contributed by atoms with Gasteiger partial charge >= 0.3 is 0 Å². The van der Waals surface area contributed by atoms with Gasteiger partial charge < -0.3 is 10.1 Å². The van der Waals surface area contributed by atoms with Gasteiger partial charge in [-0.3, -0.25) is 19.4 Å². The Morgan fingerprint density at radius 1 is 1.15 bits per heavy atom. The van der Waals surface area contributed by atoms with Crippen molar-refractivity contribution in [2.75, 3.05) is 19.6 Å². The van der Waals surface area contributed by atoms with Crippen LogP contribution in [-0.2, 0) is 19.5 Å². The first-order chi connectivity index (χ1) is 16.1. The molecule has 1 saturated heterocycles. The first-order valence-electron chi connectivity index (χ1n) is 11.5. The number of ether oxygens (including phenoxy) is 1. The second-order valence-electron chi connectivity index (χ2n) is 8.85. The van der Waals surface area contributed by atoms with Crippen LogP contribution >= 0.6 is 0 Å². The van der Waals surface area contributed by atoms with Crippen LogP contribution in [0.5, 0.6) is 5.75 Å². The summed E-state index contributed by atoms with van der Waals surface area (Å²) in [5.41, 5.74) is 2.22. The Balaban J connectivity index is 1.06. The lowest BCUT2D eigenvalue weighted by molar-refractivity contribution is 0.0928. The minimum absolute atomic E-state index is 0.0153. The minimum atomic E-state index is -0.144. The zero-order valence-corrected chi connectivity index (χ0v) is 18.5. The summed E-state index contributed by atoms with van der Waals surface area (Å²) in [6.45, 7) is 3.73. The molecule has 0 spiro atoms. The first kappa shape index (κ1) is 21.6. The maximum Gasteiger partial charge on any atom is 0.271 e. The predicted molar refractivity (Wildman–Crippen MR) is 121 cm³/mol. The lowest BCUT2D eigenvalue weighted by Gasteiger charge is -2.32. The van der Waals surface area contributed by atoms with Crippen LogP contribution in [0.25, 0.3) is 0 Å². The van der Waals surface area contributed by atoms with E-state index in [4.69, 9.17) is 4.74 Å². The molecule has 0 radical (unpaired) electrons. The van der Waals surface area contributed by atoms with Crippen LogP contribution in [0.2, 0.25) is 0 Å². The molecule has 2 aromatic heterocycles. The highest BCUT2D eigenvalue weighted by Crippen LogP contribution is 2.22. The fraction of sp³-hybridized carbons (Fsp3) is 0.400. The van der Waals surface area contributed by atoms with Gasteiger partial charge in [0.2, 0.25) is 0 Å². The highest BCUT2D eigenvalue weighted by atomic mass is 19.1. The monoisotopic (exact) mass is 449 g/mol. The van der Waals surface area contributed by atoms with Gasteiger partial charge in [-0.05, 0) is 56.1 Å². The topological polar surface area (TPSA) is 72.3 Å². The number of likely N-dealkylation sites (tertiary alicyclic amines) is 1. The van der Waals surface area contributed by atoms with Crippen LogP contribution < -0.4 is 10.1 Å². The molecule has 0 bridgehead atoms. The summed E-state index contributed by atoms with van der Waals surface area (Å²) in [6, 6.07) is 12.5. The number of fused-ring (bicyclic) bond motifs is 1. The maximum atomic E-state index is 13.9.